The third kappa shape index (κ3) is 9.26. The lowest BCUT2D eigenvalue weighted by atomic mass is 10.5. The van der Waals surface area contributed by atoms with E-state index in [9.17, 15) is 4.79 Å². The summed E-state index contributed by atoms with van der Waals surface area (Å²) in [7, 11) is 3.67. The zero-order chi connectivity index (χ0) is 10.1. The number of aliphatic hydroxyl groups is 1. The van der Waals surface area contributed by atoms with Gasteiger partial charge < -0.3 is 20.1 Å². The third-order valence-corrected chi connectivity index (χ3v) is 1.26. The highest BCUT2D eigenvalue weighted by atomic mass is 16.5. The van der Waals surface area contributed by atoms with E-state index in [4.69, 9.17) is 9.84 Å². The smallest absolute Gasteiger partial charge is 0.234 e. The molecule has 0 spiro atoms. The number of rotatable bonds is 7. The number of likely N-dealkylation sites (N-methyl/N-ethyl adjacent to an activating group) is 1. The van der Waals surface area contributed by atoms with Gasteiger partial charge >= 0.3 is 0 Å². The van der Waals surface area contributed by atoms with Crippen LogP contribution in [0.25, 0.3) is 0 Å². The van der Waals surface area contributed by atoms with Gasteiger partial charge in [0.25, 0.3) is 0 Å². The second-order valence-corrected chi connectivity index (χ2v) is 2.92. The molecule has 13 heavy (non-hydrogen) atoms. The second kappa shape index (κ2) is 7.97. The molecule has 0 aliphatic carbocycles. The van der Waals surface area contributed by atoms with Gasteiger partial charge in [0, 0.05) is 6.54 Å². The fourth-order valence-electron chi connectivity index (χ4n) is 0.772. The summed E-state index contributed by atoms with van der Waals surface area (Å²) in [5.74, 6) is -0.0161. The van der Waals surface area contributed by atoms with Gasteiger partial charge in [0.1, 0.15) is 0 Å². The maximum atomic E-state index is 11.0. The van der Waals surface area contributed by atoms with Gasteiger partial charge in [0.15, 0.2) is 0 Å². The summed E-state index contributed by atoms with van der Waals surface area (Å²) < 4.78 is 4.96. The van der Waals surface area contributed by atoms with Crippen molar-refractivity contribution < 1.29 is 14.6 Å². The Morgan fingerprint density at radius 1 is 1.46 bits per heavy atom. The van der Waals surface area contributed by atoms with Crippen molar-refractivity contribution in [1.29, 1.82) is 0 Å². The molecule has 0 bridgehead atoms. The van der Waals surface area contributed by atoms with Crippen LogP contribution in [0, 0.1) is 0 Å². The summed E-state index contributed by atoms with van der Waals surface area (Å²) >= 11 is 0. The monoisotopic (exact) mass is 190 g/mol. The maximum absolute atomic E-state index is 11.0. The topological polar surface area (TPSA) is 61.8 Å². The molecule has 0 saturated carbocycles. The van der Waals surface area contributed by atoms with E-state index in [0.717, 1.165) is 0 Å². The predicted molar refractivity (Wildman–Crippen MR) is 49.5 cm³/mol. The minimum atomic E-state index is -0.0161. The average molecular weight is 190 g/mol. The largest absolute Gasteiger partial charge is 0.394 e. The number of hydrogen-bond donors (Lipinski definition) is 2. The SMILES string of the molecule is CN(C)CC(=O)NCCOCCO. The van der Waals surface area contributed by atoms with E-state index in [1.54, 1.807) is 4.90 Å². The summed E-state index contributed by atoms with van der Waals surface area (Å²) in [4.78, 5) is 12.8. The summed E-state index contributed by atoms with van der Waals surface area (Å²) in [6.45, 7) is 1.67. The van der Waals surface area contributed by atoms with Gasteiger partial charge in [-0.25, -0.2) is 0 Å². The van der Waals surface area contributed by atoms with Crippen LogP contribution >= 0.6 is 0 Å². The van der Waals surface area contributed by atoms with E-state index >= 15 is 0 Å². The number of nitrogens with one attached hydrogen (secondary N) is 1. The van der Waals surface area contributed by atoms with Gasteiger partial charge in [-0.05, 0) is 14.1 Å². The number of hydrogen-bond acceptors (Lipinski definition) is 4. The Morgan fingerprint density at radius 2 is 2.15 bits per heavy atom. The third-order valence-electron chi connectivity index (χ3n) is 1.26. The van der Waals surface area contributed by atoms with Crippen LogP contribution in [0.5, 0.6) is 0 Å². The van der Waals surface area contributed by atoms with Crippen molar-refractivity contribution in [2.45, 2.75) is 0 Å². The van der Waals surface area contributed by atoms with Crippen LogP contribution in [0.3, 0.4) is 0 Å². The lowest BCUT2D eigenvalue weighted by Gasteiger charge is -2.09. The highest BCUT2D eigenvalue weighted by Crippen LogP contribution is 1.75. The number of nitrogens with zero attached hydrogens (tertiary/aromatic N) is 1. The molecule has 1 amide bonds. The van der Waals surface area contributed by atoms with Crippen LogP contribution in [-0.2, 0) is 9.53 Å². The summed E-state index contributed by atoms with van der Waals surface area (Å²) in [6, 6.07) is 0. The van der Waals surface area contributed by atoms with Crippen LogP contribution < -0.4 is 5.32 Å². The van der Waals surface area contributed by atoms with Crippen molar-refractivity contribution in [3.8, 4) is 0 Å². The van der Waals surface area contributed by atoms with E-state index < -0.39 is 0 Å². The van der Waals surface area contributed by atoms with Crippen LogP contribution in [0.2, 0.25) is 0 Å². The number of carbonyl (C=O) groups excluding carboxylic acids is 1. The van der Waals surface area contributed by atoms with Crippen LogP contribution in [-0.4, -0.2) is 62.9 Å². The van der Waals surface area contributed by atoms with E-state index in [-0.39, 0.29) is 12.5 Å². The Hall–Kier alpha value is -0.650. The van der Waals surface area contributed by atoms with E-state index in [0.29, 0.717) is 26.3 Å². The molecule has 0 aliphatic rings. The minimum Gasteiger partial charge on any atom is -0.394 e. The van der Waals surface area contributed by atoms with Crippen molar-refractivity contribution in [2.24, 2.45) is 0 Å². The highest BCUT2D eigenvalue weighted by Gasteiger charge is 2.00. The summed E-state index contributed by atoms with van der Waals surface area (Å²) in [6.07, 6.45) is 0. The predicted octanol–water partition coefficient (Wildman–Crippen LogP) is -1.33. The fourth-order valence-corrected chi connectivity index (χ4v) is 0.772. The molecule has 78 valence electrons. The molecule has 0 atom stereocenters. The molecule has 0 saturated heterocycles. The number of carbonyl (C=O) groups is 1. The Morgan fingerprint density at radius 3 is 2.69 bits per heavy atom. The van der Waals surface area contributed by atoms with Crippen LogP contribution in [0.15, 0.2) is 0 Å². The first-order valence-electron chi connectivity index (χ1n) is 4.27. The minimum absolute atomic E-state index is 0.0161. The molecule has 0 heterocycles. The molecule has 0 aromatic heterocycles. The zero-order valence-corrected chi connectivity index (χ0v) is 8.25. The van der Waals surface area contributed by atoms with Gasteiger partial charge in [-0.15, -0.1) is 0 Å². The maximum Gasteiger partial charge on any atom is 0.234 e. The molecular formula is C8H18N2O3. The Bertz CT molecular complexity index is 139. The van der Waals surface area contributed by atoms with E-state index in [2.05, 4.69) is 5.32 Å². The normalized spacial score (nSPS) is 10.5. The summed E-state index contributed by atoms with van der Waals surface area (Å²) in [5.41, 5.74) is 0. The molecule has 0 aromatic carbocycles. The summed E-state index contributed by atoms with van der Waals surface area (Å²) in [5, 5.41) is 11.1. The second-order valence-electron chi connectivity index (χ2n) is 2.92. The van der Waals surface area contributed by atoms with Gasteiger partial charge in [-0.2, -0.15) is 0 Å². The first-order valence-corrected chi connectivity index (χ1v) is 4.27. The van der Waals surface area contributed by atoms with Crippen LogP contribution in [0.4, 0.5) is 0 Å². The molecule has 5 nitrogen and oxygen atoms in total. The molecule has 0 aromatic rings. The lowest BCUT2D eigenvalue weighted by molar-refractivity contribution is -0.121. The molecule has 0 rings (SSSR count). The van der Waals surface area contributed by atoms with E-state index in [1.807, 2.05) is 14.1 Å². The van der Waals surface area contributed by atoms with Crippen molar-refractivity contribution in [1.82, 2.24) is 10.2 Å². The molecule has 0 unspecified atom stereocenters. The average Bonchev–Trinajstić information content (AvgIpc) is 2.02. The standard InChI is InChI=1S/C8H18N2O3/c1-10(2)7-8(12)9-3-5-13-6-4-11/h11H,3-7H2,1-2H3,(H,9,12). The first kappa shape index (κ1) is 12.3. The Labute approximate surface area is 78.7 Å². The molecule has 2 N–H and O–H groups in total. The molecule has 5 heteroatoms. The Kier molecular flexibility index (Phi) is 7.57. The highest BCUT2D eigenvalue weighted by molar-refractivity contribution is 5.77. The molecule has 0 fully saturated rings. The molecule has 0 radical (unpaired) electrons. The Balaban J connectivity index is 3.17. The number of amides is 1. The number of ether oxygens (including phenoxy) is 1. The van der Waals surface area contributed by atoms with Gasteiger partial charge in [-0.1, -0.05) is 0 Å². The van der Waals surface area contributed by atoms with Crippen molar-refractivity contribution in [3.63, 3.8) is 0 Å². The van der Waals surface area contributed by atoms with E-state index in [1.165, 1.54) is 0 Å². The van der Waals surface area contributed by atoms with Crippen molar-refractivity contribution in [3.05, 3.63) is 0 Å². The quantitative estimate of drug-likeness (QED) is 0.488. The van der Waals surface area contributed by atoms with Gasteiger partial charge in [0.05, 0.1) is 26.4 Å². The van der Waals surface area contributed by atoms with Crippen molar-refractivity contribution in [2.75, 3.05) is 47.0 Å². The lowest BCUT2D eigenvalue weighted by Crippen LogP contribution is -2.35. The fraction of sp³-hybridized carbons (Fsp3) is 0.875. The van der Waals surface area contributed by atoms with Gasteiger partial charge in [0.2, 0.25) is 5.91 Å². The molecule has 0 aliphatic heterocycles. The first-order chi connectivity index (χ1) is 6.16. The zero-order valence-electron chi connectivity index (χ0n) is 8.25. The van der Waals surface area contributed by atoms with Crippen molar-refractivity contribution >= 4 is 5.91 Å². The number of aliphatic hydroxyl groups excluding tert-OH is 1. The van der Waals surface area contributed by atoms with Gasteiger partial charge in [-0.3, -0.25) is 4.79 Å². The molecular weight excluding hydrogens is 172 g/mol. The van der Waals surface area contributed by atoms with Crippen LogP contribution in [0.1, 0.15) is 0 Å².